The van der Waals surface area contributed by atoms with Gasteiger partial charge in [0.05, 0.1) is 17.8 Å². The van der Waals surface area contributed by atoms with Gasteiger partial charge in [-0.05, 0) is 53.5 Å². The molecule has 0 aromatic carbocycles. The van der Waals surface area contributed by atoms with Gasteiger partial charge >= 0.3 is 0 Å². The van der Waals surface area contributed by atoms with Crippen molar-refractivity contribution in [2.75, 3.05) is 6.61 Å². The normalized spacial score (nSPS) is 32.2. The van der Waals surface area contributed by atoms with Crippen LogP contribution in [0.25, 0.3) is 0 Å². The molecule has 26 heavy (non-hydrogen) atoms. The van der Waals surface area contributed by atoms with E-state index in [0.29, 0.717) is 12.8 Å². The van der Waals surface area contributed by atoms with Crippen LogP contribution < -0.4 is 0 Å². The largest absolute Gasteiger partial charge is 0.394 e. The fraction of sp³-hybridized carbons (Fsp3) is 0.889. The van der Waals surface area contributed by atoms with E-state index in [1.807, 2.05) is 20.8 Å². The van der Waals surface area contributed by atoms with E-state index in [4.69, 9.17) is 14.2 Å². The van der Waals surface area contributed by atoms with Crippen LogP contribution >= 0.6 is 0 Å². The molecule has 1 aliphatic rings. The lowest BCUT2D eigenvalue weighted by Gasteiger charge is -2.42. The average molecular weight is 378 g/mol. The molecule has 0 aromatic heterocycles. The van der Waals surface area contributed by atoms with Gasteiger partial charge in [-0.25, -0.2) is 0 Å². The van der Waals surface area contributed by atoms with Gasteiger partial charge in [-0.2, -0.15) is 0 Å². The fourth-order valence-electron chi connectivity index (χ4n) is 2.58. The number of allylic oxidation sites excluding steroid dienone is 1. The van der Waals surface area contributed by atoms with E-state index in [2.05, 4.69) is 0 Å². The third-order valence-corrected chi connectivity index (χ3v) is 3.97. The summed E-state index contributed by atoms with van der Waals surface area (Å²) in [6.07, 6.45) is -3.02. The molecule has 0 bridgehead atoms. The van der Waals surface area contributed by atoms with E-state index in [-0.39, 0.29) is 0 Å². The molecule has 0 aromatic rings. The molecular weight excluding hydrogens is 344 g/mol. The molecule has 8 heteroatoms. The zero-order valence-electron chi connectivity index (χ0n) is 16.2. The molecule has 0 aliphatic carbocycles. The minimum Gasteiger partial charge on any atom is -0.394 e. The molecule has 154 valence electrons. The third-order valence-electron chi connectivity index (χ3n) is 3.97. The van der Waals surface area contributed by atoms with Gasteiger partial charge in [-0.15, -0.1) is 0 Å². The first-order valence-corrected chi connectivity index (χ1v) is 8.87. The van der Waals surface area contributed by atoms with Crippen molar-refractivity contribution in [1.29, 1.82) is 0 Å². The zero-order valence-corrected chi connectivity index (χ0v) is 16.2. The maximum Gasteiger partial charge on any atom is 0.187 e. The number of ether oxygens (including phenoxy) is 3. The Morgan fingerprint density at radius 3 is 2.19 bits per heavy atom. The van der Waals surface area contributed by atoms with Crippen molar-refractivity contribution in [2.45, 2.75) is 95.7 Å². The predicted molar refractivity (Wildman–Crippen MR) is 94.2 cm³/mol. The first-order chi connectivity index (χ1) is 11.9. The summed E-state index contributed by atoms with van der Waals surface area (Å²) < 4.78 is 16.5. The van der Waals surface area contributed by atoms with Gasteiger partial charge in [0.1, 0.15) is 24.4 Å². The second-order valence-electron chi connectivity index (χ2n) is 8.16. The highest BCUT2D eigenvalue weighted by Crippen LogP contribution is 2.28. The summed E-state index contributed by atoms with van der Waals surface area (Å²) in [5.74, 6) is 0. The minimum atomic E-state index is -1.47. The fourth-order valence-corrected chi connectivity index (χ4v) is 2.58. The van der Waals surface area contributed by atoms with Crippen LogP contribution in [0.1, 0.15) is 47.5 Å². The SMILES string of the molecule is CC(C)(C)OC(O)/C=C/CCC(C)(C)O[C@@H]1O[C@H](CO)[C@@H](O)[C@H](O)[C@H]1O. The molecule has 1 unspecified atom stereocenters. The topological polar surface area (TPSA) is 129 Å². The maximum absolute atomic E-state index is 10.0. The van der Waals surface area contributed by atoms with Crippen molar-refractivity contribution in [3.63, 3.8) is 0 Å². The van der Waals surface area contributed by atoms with Gasteiger partial charge in [-0.3, -0.25) is 0 Å². The highest BCUT2D eigenvalue weighted by molar-refractivity contribution is 4.91. The molecule has 1 rings (SSSR count). The van der Waals surface area contributed by atoms with Crippen LogP contribution in [0.2, 0.25) is 0 Å². The Morgan fingerprint density at radius 2 is 1.65 bits per heavy atom. The highest BCUT2D eigenvalue weighted by atomic mass is 16.7. The lowest BCUT2D eigenvalue weighted by atomic mass is 9.98. The van der Waals surface area contributed by atoms with Gasteiger partial charge in [0.2, 0.25) is 0 Å². The van der Waals surface area contributed by atoms with Crippen LogP contribution in [-0.4, -0.2) is 80.3 Å². The summed E-state index contributed by atoms with van der Waals surface area (Å²) in [6.45, 7) is 8.64. The standard InChI is InChI=1S/C18H34O8/c1-17(2,3)25-12(20)8-6-7-9-18(4,5)26-16-15(23)14(22)13(21)11(10-19)24-16/h6,8,11-16,19-23H,7,9-10H2,1-5H3/b8-6+/t11-,12?,13-,14+,15-,16+/m1/s1. The van der Waals surface area contributed by atoms with Crippen molar-refractivity contribution in [3.05, 3.63) is 12.2 Å². The van der Waals surface area contributed by atoms with Crippen LogP contribution in [0.5, 0.6) is 0 Å². The predicted octanol–water partition coefficient (Wildman–Crippen LogP) is 0.0514. The number of rotatable bonds is 8. The van der Waals surface area contributed by atoms with Crippen LogP contribution in [0.4, 0.5) is 0 Å². The maximum atomic E-state index is 10.0. The lowest BCUT2D eigenvalue weighted by Crippen LogP contribution is -2.60. The lowest BCUT2D eigenvalue weighted by molar-refractivity contribution is -0.323. The molecule has 6 atom stereocenters. The molecule has 1 saturated heterocycles. The summed E-state index contributed by atoms with van der Waals surface area (Å²) in [6, 6.07) is 0. The number of hydrogen-bond donors (Lipinski definition) is 5. The van der Waals surface area contributed by atoms with Crippen molar-refractivity contribution in [3.8, 4) is 0 Å². The molecule has 1 heterocycles. The summed E-state index contributed by atoms with van der Waals surface area (Å²) in [4.78, 5) is 0. The Bertz CT molecular complexity index is 443. The Hall–Kier alpha value is -0.580. The Balaban J connectivity index is 2.52. The second kappa shape index (κ2) is 9.57. The summed E-state index contributed by atoms with van der Waals surface area (Å²) in [7, 11) is 0. The van der Waals surface area contributed by atoms with Crippen molar-refractivity contribution < 1.29 is 39.7 Å². The van der Waals surface area contributed by atoms with E-state index >= 15 is 0 Å². The Labute approximate surface area is 155 Å². The Morgan fingerprint density at radius 1 is 1.04 bits per heavy atom. The first kappa shape index (κ1) is 23.5. The van der Waals surface area contributed by atoms with Gasteiger partial charge in [0, 0.05) is 0 Å². The van der Waals surface area contributed by atoms with Crippen LogP contribution in [-0.2, 0) is 14.2 Å². The smallest absolute Gasteiger partial charge is 0.187 e. The Kier molecular flexibility index (Phi) is 8.63. The molecular formula is C18H34O8. The second-order valence-corrected chi connectivity index (χ2v) is 8.16. The van der Waals surface area contributed by atoms with Gasteiger partial charge < -0.3 is 39.7 Å². The van der Waals surface area contributed by atoms with Gasteiger partial charge in [0.15, 0.2) is 12.6 Å². The highest BCUT2D eigenvalue weighted by Gasteiger charge is 2.45. The van der Waals surface area contributed by atoms with Crippen LogP contribution in [0.15, 0.2) is 12.2 Å². The van der Waals surface area contributed by atoms with E-state index in [1.54, 1.807) is 26.0 Å². The number of hydrogen-bond acceptors (Lipinski definition) is 8. The molecule has 0 spiro atoms. The van der Waals surface area contributed by atoms with E-state index in [9.17, 15) is 25.5 Å². The van der Waals surface area contributed by atoms with Crippen LogP contribution in [0, 0.1) is 0 Å². The molecule has 8 nitrogen and oxygen atoms in total. The van der Waals surface area contributed by atoms with Crippen molar-refractivity contribution in [2.24, 2.45) is 0 Å². The average Bonchev–Trinajstić information content (AvgIpc) is 2.50. The van der Waals surface area contributed by atoms with E-state index in [1.165, 1.54) is 0 Å². The summed E-state index contributed by atoms with van der Waals surface area (Å²) in [5.41, 5.74) is -1.16. The zero-order chi connectivity index (χ0) is 20.1. The minimum absolute atomic E-state index is 0.449. The van der Waals surface area contributed by atoms with E-state index in [0.717, 1.165) is 0 Å². The van der Waals surface area contributed by atoms with E-state index < -0.39 is 54.8 Å². The monoisotopic (exact) mass is 378 g/mol. The summed E-state index contributed by atoms with van der Waals surface area (Å²) in [5, 5.41) is 48.6. The van der Waals surface area contributed by atoms with Gasteiger partial charge in [0.25, 0.3) is 0 Å². The number of aliphatic hydroxyl groups is 5. The van der Waals surface area contributed by atoms with Gasteiger partial charge in [-0.1, -0.05) is 6.08 Å². The number of aliphatic hydroxyl groups excluding tert-OH is 5. The van der Waals surface area contributed by atoms with Crippen molar-refractivity contribution in [1.82, 2.24) is 0 Å². The molecule has 0 amide bonds. The molecule has 1 fully saturated rings. The summed E-state index contributed by atoms with van der Waals surface area (Å²) >= 11 is 0. The quantitative estimate of drug-likeness (QED) is 0.296. The molecule has 0 radical (unpaired) electrons. The molecule has 5 N–H and O–H groups in total. The van der Waals surface area contributed by atoms with Crippen LogP contribution in [0.3, 0.4) is 0 Å². The molecule has 0 saturated carbocycles. The first-order valence-electron chi connectivity index (χ1n) is 8.87. The third kappa shape index (κ3) is 7.58. The molecule has 1 aliphatic heterocycles. The van der Waals surface area contributed by atoms with Crippen molar-refractivity contribution >= 4 is 0 Å².